The molecule has 1 aliphatic rings. The van der Waals surface area contributed by atoms with Crippen molar-refractivity contribution in [2.24, 2.45) is 0 Å². The molecule has 0 aliphatic carbocycles. The third-order valence-electron chi connectivity index (χ3n) is 5.47. The van der Waals surface area contributed by atoms with Crippen molar-refractivity contribution in [3.8, 4) is 0 Å². The van der Waals surface area contributed by atoms with Gasteiger partial charge in [-0.2, -0.15) is 0 Å². The summed E-state index contributed by atoms with van der Waals surface area (Å²) in [5.41, 5.74) is 3.99. The van der Waals surface area contributed by atoms with Crippen molar-refractivity contribution >= 4 is 50.1 Å². The van der Waals surface area contributed by atoms with Crippen LogP contribution in [0.1, 0.15) is 34.3 Å². The molecule has 2 heterocycles. The van der Waals surface area contributed by atoms with Crippen molar-refractivity contribution in [3.63, 3.8) is 0 Å². The maximum Gasteiger partial charge on any atom is 0.260 e. The van der Waals surface area contributed by atoms with Crippen LogP contribution in [0.15, 0.2) is 36.4 Å². The van der Waals surface area contributed by atoms with Gasteiger partial charge in [-0.25, -0.2) is 4.98 Å². The largest absolute Gasteiger partial charge is 0.308 e. The number of anilines is 2. The molecule has 0 N–H and O–H groups in total. The van der Waals surface area contributed by atoms with Crippen molar-refractivity contribution in [1.82, 2.24) is 9.88 Å². The van der Waals surface area contributed by atoms with E-state index < -0.39 is 0 Å². The number of carbonyl (C=O) groups excluding carboxylic acids is 3. The normalized spacial score (nSPS) is 14.1. The zero-order valence-electron chi connectivity index (χ0n) is 18.7. The van der Waals surface area contributed by atoms with Crippen LogP contribution in [-0.2, 0) is 9.59 Å². The minimum absolute atomic E-state index is 0.205. The molecule has 0 bridgehead atoms. The van der Waals surface area contributed by atoms with E-state index in [0.29, 0.717) is 29.5 Å². The van der Waals surface area contributed by atoms with Gasteiger partial charge in [0.25, 0.3) is 5.91 Å². The van der Waals surface area contributed by atoms with Gasteiger partial charge in [-0.1, -0.05) is 23.5 Å². The SMILES string of the molecule is Cc1cc(C)c2nc(N(CCN(C)C)C(=O)c3cccc(N4C(=O)CCC4=O)c3)sc2c1. The van der Waals surface area contributed by atoms with E-state index >= 15 is 0 Å². The van der Waals surface area contributed by atoms with Gasteiger partial charge in [-0.15, -0.1) is 0 Å². The Morgan fingerprint density at radius 2 is 1.78 bits per heavy atom. The number of fused-ring (bicyclic) bond motifs is 1. The third kappa shape index (κ3) is 4.28. The summed E-state index contributed by atoms with van der Waals surface area (Å²) in [7, 11) is 3.92. The lowest BCUT2D eigenvalue weighted by Gasteiger charge is -2.23. The van der Waals surface area contributed by atoms with Crippen LogP contribution in [-0.4, -0.2) is 54.8 Å². The number of carbonyl (C=O) groups is 3. The van der Waals surface area contributed by atoms with Crippen LogP contribution in [0.25, 0.3) is 10.2 Å². The van der Waals surface area contributed by atoms with Crippen LogP contribution in [0.4, 0.5) is 10.8 Å². The standard InChI is InChI=1S/C24H26N4O3S/c1-15-12-16(2)22-19(13-15)32-24(25-22)27(11-10-26(3)4)23(31)17-6-5-7-18(14-17)28-20(29)8-9-21(28)30/h5-7,12-14H,8-11H2,1-4H3. The van der Waals surface area contributed by atoms with E-state index in [-0.39, 0.29) is 30.6 Å². The highest BCUT2D eigenvalue weighted by Crippen LogP contribution is 2.33. The summed E-state index contributed by atoms with van der Waals surface area (Å²) in [5.74, 6) is -0.677. The van der Waals surface area contributed by atoms with Gasteiger partial charge in [0.05, 0.1) is 15.9 Å². The van der Waals surface area contributed by atoms with Gasteiger partial charge in [0.2, 0.25) is 11.8 Å². The van der Waals surface area contributed by atoms with E-state index in [9.17, 15) is 14.4 Å². The molecular weight excluding hydrogens is 424 g/mol. The number of aromatic nitrogens is 1. The van der Waals surface area contributed by atoms with Crippen molar-refractivity contribution in [2.75, 3.05) is 37.0 Å². The van der Waals surface area contributed by atoms with Gasteiger partial charge < -0.3 is 4.90 Å². The zero-order chi connectivity index (χ0) is 23.0. The lowest BCUT2D eigenvalue weighted by atomic mass is 10.1. The number of nitrogens with zero attached hydrogens (tertiary/aromatic N) is 4. The minimum Gasteiger partial charge on any atom is -0.308 e. The Balaban J connectivity index is 1.72. The summed E-state index contributed by atoms with van der Waals surface area (Å²) >= 11 is 1.50. The summed E-state index contributed by atoms with van der Waals surface area (Å²) in [6.07, 6.45) is 0.410. The molecule has 3 aromatic rings. The lowest BCUT2D eigenvalue weighted by molar-refractivity contribution is -0.121. The van der Waals surface area contributed by atoms with Crippen molar-refractivity contribution in [3.05, 3.63) is 53.1 Å². The maximum atomic E-state index is 13.6. The first-order chi connectivity index (χ1) is 15.2. The highest BCUT2D eigenvalue weighted by atomic mass is 32.1. The highest BCUT2D eigenvalue weighted by molar-refractivity contribution is 7.22. The molecule has 0 spiro atoms. The van der Waals surface area contributed by atoms with Crippen LogP contribution >= 0.6 is 11.3 Å². The molecule has 4 rings (SSSR count). The second-order valence-electron chi connectivity index (χ2n) is 8.36. The number of benzene rings is 2. The monoisotopic (exact) mass is 450 g/mol. The Bertz CT molecular complexity index is 1200. The van der Waals surface area contributed by atoms with Crippen molar-refractivity contribution in [1.29, 1.82) is 0 Å². The molecule has 32 heavy (non-hydrogen) atoms. The summed E-state index contributed by atoms with van der Waals surface area (Å²) in [6.45, 7) is 5.21. The number of rotatable bonds is 6. The summed E-state index contributed by atoms with van der Waals surface area (Å²) < 4.78 is 1.04. The summed E-state index contributed by atoms with van der Waals surface area (Å²) in [6, 6.07) is 10.9. The van der Waals surface area contributed by atoms with Crippen LogP contribution in [0, 0.1) is 13.8 Å². The number of hydrogen-bond donors (Lipinski definition) is 0. The van der Waals surface area contributed by atoms with Gasteiger partial charge in [-0.05, 0) is 63.3 Å². The fourth-order valence-electron chi connectivity index (χ4n) is 3.86. The van der Waals surface area contributed by atoms with Crippen LogP contribution in [0.5, 0.6) is 0 Å². The topological polar surface area (TPSA) is 73.8 Å². The molecule has 0 atom stereocenters. The molecule has 0 saturated carbocycles. The predicted molar refractivity (Wildman–Crippen MR) is 127 cm³/mol. The highest BCUT2D eigenvalue weighted by Gasteiger charge is 2.31. The third-order valence-corrected chi connectivity index (χ3v) is 6.49. The Hall–Kier alpha value is -3.10. The molecule has 0 radical (unpaired) electrons. The van der Waals surface area contributed by atoms with Gasteiger partial charge in [0.15, 0.2) is 5.13 Å². The Kier molecular flexibility index (Phi) is 6.08. The van der Waals surface area contributed by atoms with E-state index in [1.54, 1.807) is 29.2 Å². The minimum atomic E-state index is -0.235. The average Bonchev–Trinajstić information content (AvgIpc) is 3.31. The molecule has 0 unspecified atom stereocenters. The average molecular weight is 451 g/mol. The van der Waals surface area contributed by atoms with E-state index in [2.05, 4.69) is 12.1 Å². The summed E-state index contributed by atoms with van der Waals surface area (Å²) in [4.78, 5) is 47.6. The van der Waals surface area contributed by atoms with E-state index in [0.717, 1.165) is 21.3 Å². The zero-order valence-corrected chi connectivity index (χ0v) is 19.5. The van der Waals surface area contributed by atoms with E-state index in [1.807, 2.05) is 32.8 Å². The van der Waals surface area contributed by atoms with Crippen LogP contribution in [0.2, 0.25) is 0 Å². The molecule has 3 amide bonds. The molecule has 1 fully saturated rings. The molecule has 1 saturated heterocycles. The van der Waals surface area contributed by atoms with Gasteiger partial charge in [-0.3, -0.25) is 24.2 Å². The molecule has 2 aromatic carbocycles. The number of aryl methyl sites for hydroxylation is 2. The lowest BCUT2D eigenvalue weighted by Crippen LogP contribution is -2.37. The van der Waals surface area contributed by atoms with Crippen molar-refractivity contribution in [2.45, 2.75) is 26.7 Å². The Labute approximate surface area is 191 Å². The van der Waals surface area contributed by atoms with Gasteiger partial charge >= 0.3 is 0 Å². The number of imide groups is 1. The fourth-order valence-corrected chi connectivity index (χ4v) is 5.02. The molecule has 7 nitrogen and oxygen atoms in total. The van der Waals surface area contributed by atoms with Gasteiger partial charge in [0, 0.05) is 31.5 Å². The first-order valence-electron chi connectivity index (χ1n) is 10.5. The van der Waals surface area contributed by atoms with E-state index in [4.69, 9.17) is 4.98 Å². The molecule has 8 heteroatoms. The molecule has 166 valence electrons. The number of thiazole rings is 1. The fraction of sp³-hybridized carbons (Fsp3) is 0.333. The first kappa shape index (κ1) is 22.1. The Morgan fingerprint density at radius 3 is 2.47 bits per heavy atom. The number of hydrogen-bond acceptors (Lipinski definition) is 6. The predicted octanol–water partition coefficient (Wildman–Crippen LogP) is 3.77. The molecule has 1 aromatic heterocycles. The maximum absolute atomic E-state index is 13.6. The quantitative estimate of drug-likeness (QED) is 0.535. The Morgan fingerprint density at radius 1 is 1.06 bits per heavy atom. The van der Waals surface area contributed by atoms with E-state index in [1.165, 1.54) is 16.2 Å². The first-order valence-corrected chi connectivity index (χ1v) is 11.4. The second kappa shape index (κ2) is 8.80. The molecule has 1 aliphatic heterocycles. The van der Waals surface area contributed by atoms with Gasteiger partial charge in [0.1, 0.15) is 0 Å². The summed E-state index contributed by atoms with van der Waals surface area (Å²) in [5, 5.41) is 0.638. The molecular formula is C24H26N4O3S. The second-order valence-corrected chi connectivity index (χ2v) is 9.37. The number of amides is 3. The van der Waals surface area contributed by atoms with Crippen molar-refractivity contribution < 1.29 is 14.4 Å². The van der Waals surface area contributed by atoms with Crippen LogP contribution in [0.3, 0.4) is 0 Å². The van der Waals surface area contributed by atoms with Crippen LogP contribution < -0.4 is 9.80 Å². The number of likely N-dealkylation sites (N-methyl/N-ethyl adjacent to an activating group) is 1. The smallest absolute Gasteiger partial charge is 0.260 e.